The van der Waals surface area contributed by atoms with Crippen LogP contribution in [0.1, 0.15) is 37.9 Å². The van der Waals surface area contributed by atoms with Crippen molar-refractivity contribution in [1.82, 2.24) is 9.97 Å². The summed E-state index contributed by atoms with van der Waals surface area (Å²) in [5.74, 6) is 0.722. The van der Waals surface area contributed by atoms with Gasteiger partial charge in [0.25, 0.3) is 0 Å². The fourth-order valence-corrected chi connectivity index (χ4v) is 2.16. The third-order valence-corrected chi connectivity index (χ3v) is 3.18. The van der Waals surface area contributed by atoms with Crippen LogP contribution in [0, 0.1) is 6.92 Å². The Kier molecular flexibility index (Phi) is 5.10. The minimum absolute atomic E-state index is 0.722. The van der Waals surface area contributed by atoms with Gasteiger partial charge >= 0.3 is 0 Å². The van der Waals surface area contributed by atoms with Crippen molar-refractivity contribution in [2.45, 2.75) is 40.0 Å². The Morgan fingerprint density at radius 2 is 1.75 bits per heavy atom. The fraction of sp³-hybridized carbons (Fsp3) is 0.412. The van der Waals surface area contributed by atoms with E-state index in [0.29, 0.717) is 0 Å². The number of aromatic nitrogens is 2. The summed E-state index contributed by atoms with van der Waals surface area (Å²) in [7, 11) is 0. The molecular formula is C17H23N3. The second-order valence-corrected chi connectivity index (χ2v) is 5.09. The highest BCUT2D eigenvalue weighted by atomic mass is 15.1. The molecule has 0 amide bonds. The molecule has 0 spiro atoms. The average molecular weight is 269 g/mol. The van der Waals surface area contributed by atoms with Crippen LogP contribution in [-0.4, -0.2) is 16.5 Å². The zero-order valence-corrected chi connectivity index (χ0v) is 12.6. The number of rotatable bonds is 6. The molecular weight excluding hydrogens is 246 g/mol. The van der Waals surface area contributed by atoms with Crippen molar-refractivity contribution < 1.29 is 0 Å². The Hall–Kier alpha value is -1.90. The van der Waals surface area contributed by atoms with Crippen LogP contribution in [-0.2, 0) is 6.42 Å². The van der Waals surface area contributed by atoms with Gasteiger partial charge in [0.2, 0.25) is 5.95 Å². The van der Waals surface area contributed by atoms with Crippen LogP contribution in [0.4, 0.5) is 5.95 Å². The van der Waals surface area contributed by atoms with Gasteiger partial charge in [-0.25, -0.2) is 9.97 Å². The maximum atomic E-state index is 4.59. The molecule has 1 heterocycles. The van der Waals surface area contributed by atoms with Gasteiger partial charge in [0.15, 0.2) is 0 Å². The minimum atomic E-state index is 0.722. The van der Waals surface area contributed by atoms with Crippen LogP contribution >= 0.6 is 0 Å². The molecule has 2 aromatic rings. The molecule has 2 rings (SSSR count). The largest absolute Gasteiger partial charge is 0.354 e. The zero-order valence-electron chi connectivity index (χ0n) is 12.6. The van der Waals surface area contributed by atoms with Gasteiger partial charge in [-0.15, -0.1) is 0 Å². The Morgan fingerprint density at radius 1 is 1.00 bits per heavy atom. The number of nitrogens with zero attached hydrogens (tertiary/aromatic N) is 2. The third-order valence-electron chi connectivity index (χ3n) is 3.18. The Balaban J connectivity index is 2.24. The molecule has 0 fully saturated rings. The zero-order chi connectivity index (χ0) is 14.4. The summed E-state index contributed by atoms with van der Waals surface area (Å²) in [4.78, 5) is 9.02. The average Bonchev–Trinajstić information content (AvgIpc) is 2.46. The maximum absolute atomic E-state index is 4.59. The topological polar surface area (TPSA) is 37.8 Å². The lowest BCUT2D eigenvalue weighted by atomic mass is 10.1. The second kappa shape index (κ2) is 7.04. The number of anilines is 1. The molecule has 0 unspecified atom stereocenters. The van der Waals surface area contributed by atoms with Crippen molar-refractivity contribution in [3.8, 4) is 11.3 Å². The Labute approximate surface area is 121 Å². The van der Waals surface area contributed by atoms with Gasteiger partial charge in [0.1, 0.15) is 0 Å². The van der Waals surface area contributed by atoms with E-state index in [1.807, 2.05) is 13.0 Å². The molecule has 1 N–H and O–H groups in total. The molecule has 0 radical (unpaired) electrons. The lowest BCUT2D eigenvalue weighted by Gasteiger charge is -2.08. The van der Waals surface area contributed by atoms with Gasteiger partial charge in [-0.3, -0.25) is 0 Å². The Bertz CT molecular complexity index is 547. The second-order valence-electron chi connectivity index (χ2n) is 5.09. The van der Waals surface area contributed by atoms with E-state index in [9.17, 15) is 0 Å². The van der Waals surface area contributed by atoms with Gasteiger partial charge in [0.05, 0.1) is 5.69 Å². The molecule has 1 aromatic heterocycles. The van der Waals surface area contributed by atoms with E-state index >= 15 is 0 Å². The number of hydrogen-bond acceptors (Lipinski definition) is 3. The van der Waals surface area contributed by atoms with E-state index < -0.39 is 0 Å². The van der Waals surface area contributed by atoms with Gasteiger partial charge in [-0.1, -0.05) is 44.5 Å². The summed E-state index contributed by atoms with van der Waals surface area (Å²) < 4.78 is 0. The molecule has 0 saturated heterocycles. The van der Waals surface area contributed by atoms with E-state index in [1.165, 1.54) is 12.0 Å². The van der Waals surface area contributed by atoms with Gasteiger partial charge < -0.3 is 5.32 Å². The number of nitrogens with one attached hydrogen (secondary N) is 1. The monoisotopic (exact) mass is 269 g/mol. The van der Waals surface area contributed by atoms with Crippen molar-refractivity contribution >= 4 is 5.95 Å². The van der Waals surface area contributed by atoms with Crippen LogP contribution in [0.2, 0.25) is 0 Å². The molecule has 3 nitrogen and oxygen atoms in total. The summed E-state index contributed by atoms with van der Waals surface area (Å²) in [5, 5.41) is 3.25. The highest BCUT2D eigenvalue weighted by molar-refractivity contribution is 5.61. The predicted octanol–water partition coefficient (Wildman–Crippen LogP) is 4.23. The van der Waals surface area contributed by atoms with Crippen molar-refractivity contribution in [3.63, 3.8) is 0 Å². The van der Waals surface area contributed by atoms with E-state index in [-0.39, 0.29) is 0 Å². The summed E-state index contributed by atoms with van der Waals surface area (Å²) in [5.41, 5.74) is 4.51. The van der Waals surface area contributed by atoms with Gasteiger partial charge in [0, 0.05) is 17.8 Å². The minimum Gasteiger partial charge on any atom is -0.354 e. The molecule has 0 aliphatic heterocycles. The SMILES string of the molecule is CCCNc1nc(C)cc(-c2ccc(CCC)cc2)n1. The summed E-state index contributed by atoms with van der Waals surface area (Å²) in [6, 6.07) is 10.7. The van der Waals surface area contributed by atoms with Crippen molar-refractivity contribution in [3.05, 3.63) is 41.6 Å². The third kappa shape index (κ3) is 3.80. The molecule has 0 bridgehead atoms. The van der Waals surface area contributed by atoms with E-state index in [2.05, 4.69) is 53.4 Å². The maximum Gasteiger partial charge on any atom is 0.223 e. The molecule has 0 aliphatic carbocycles. The smallest absolute Gasteiger partial charge is 0.223 e. The van der Waals surface area contributed by atoms with Gasteiger partial charge in [-0.05, 0) is 31.4 Å². The van der Waals surface area contributed by atoms with Crippen molar-refractivity contribution in [2.75, 3.05) is 11.9 Å². The molecule has 0 atom stereocenters. The fourth-order valence-electron chi connectivity index (χ4n) is 2.16. The predicted molar refractivity (Wildman–Crippen MR) is 85.0 cm³/mol. The van der Waals surface area contributed by atoms with Crippen molar-refractivity contribution in [1.29, 1.82) is 0 Å². The lowest BCUT2D eigenvalue weighted by molar-refractivity contribution is 0.922. The normalized spacial score (nSPS) is 10.6. The molecule has 20 heavy (non-hydrogen) atoms. The van der Waals surface area contributed by atoms with E-state index in [4.69, 9.17) is 0 Å². The number of aryl methyl sites for hydroxylation is 2. The summed E-state index contributed by atoms with van der Waals surface area (Å²) in [6.07, 6.45) is 3.38. The van der Waals surface area contributed by atoms with Crippen LogP contribution < -0.4 is 5.32 Å². The molecule has 0 aliphatic rings. The Morgan fingerprint density at radius 3 is 2.40 bits per heavy atom. The quantitative estimate of drug-likeness (QED) is 0.853. The van der Waals surface area contributed by atoms with Crippen LogP contribution in [0.25, 0.3) is 11.3 Å². The summed E-state index contributed by atoms with van der Waals surface area (Å²) in [6.45, 7) is 7.25. The molecule has 106 valence electrons. The summed E-state index contributed by atoms with van der Waals surface area (Å²) >= 11 is 0. The first kappa shape index (κ1) is 14.5. The van der Waals surface area contributed by atoms with Crippen LogP contribution in [0.3, 0.4) is 0 Å². The first-order valence-corrected chi connectivity index (χ1v) is 7.41. The van der Waals surface area contributed by atoms with Crippen LogP contribution in [0.15, 0.2) is 30.3 Å². The highest BCUT2D eigenvalue weighted by Gasteiger charge is 2.04. The first-order valence-electron chi connectivity index (χ1n) is 7.41. The molecule has 3 heteroatoms. The first-order chi connectivity index (χ1) is 9.72. The molecule has 0 saturated carbocycles. The lowest BCUT2D eigenvalue weighted by Crippen LogP contribution is -2.05. The van der Waals surface area contributed by atoms with Crippen LogP contribution in [0.5, 0.6) is 0 Å². The standard InChI is InChI=1S/C17H23N3/c1-4-6-14-7-9-15(10-8-14)16-12-13(3)19-17(20-16)18-11-5-2/h7-10,12H,4-6,11H2,1-3H3,(H,18,19,20). The van der Waals surface area contributed by atoms with E-state index in [1.54, 1.807) is 0 Å². The van der Waals surface area contributed by atoms with E-state index in [0.717, 1.165) is 42.3 Å². The van der Waals surface area contributed by atoms with Crippen molar-refractivity contribution in [2.24, 2.45) is 0 Å². The number of benzene rings is 1. The van der Waals surface area contributed by atoms with Gasteiger partial charge in [-0.2, -0.15) is 0 Å². The highest BCUT2D eigenvalue weighted by Crippen LogP contribution is 2.20. The molecule has 1 aromatic carbocycles. The number of hydrogen-bond donors (Lipinski definition) is 1.